The number of methoxy groups -OCH3 is 1. The van der Waals surface area contributed by atoms with Crippen molar-refractivity contribution in [2.24, 2.45) is 0 Å². The summed E-state index contributed by atoms with van der Waals surface area (Å²) in [6, 6.07) is 20.6. The molecule has 1 aliphatic heterocycles. The Morgan fingerprint density at radius 1 is 1.06 bits per heavy atom. The van der Waals surface area contributed by atoms with E-state index < -0.39 is 22.0 Å². The molecule has 0 spiro atoms. The van der Waals surface area contributed by atoms with E-state index in [1.807, 2.05) is 38.1 Å². The van der Waals surface area contributed by atoms with Crippen LogP contribution in [0.5, 0.6) is 11.5 Å². The van der Waals surface area contributed by atoms with Gasteiger partial charge in [0, 0.05) is 0 Å². The van der Waals surface area contributed by atoms with Gasteiger partial charge in [0.25, 0.3) is 15.9 Å². The minimum atomic E-state index is -3.89. The van der Waals surface area contributed by atoms with Crippen molar-refractivity contribution in [3.8, 4) is 11.5 Å². The minimum Gasteiger partial charge on any atom is -0.497 e. The number of nitrogens with one attached hydrogen (secondary N) is 1. The van der Waals surface area contributed by atoms with Crippen molar-refractivity contribution < 1.29 is 22.7 Å². The zero-order valence-corrected chi connectivity index (χ0v) is 19.5. The van der Waals surface area contributed by atoms with Gasteiger partial charge in [-0.3, -0.25) is 9.10 Å². The van der Waals surface area contributed by atoms with E-state index in [4.69, 9.17) is 9.47 Å². The number of benzene rings is 3. The first-order valence-corrected chi connectivity index (χ1v) is 12.0. The second kappa shape index (κ2) is 9.15. The molecule has 8 heteroatoms. The summed E-state index contributed by atoms with van der Waals surface area (Å²) in [5.74, 6) is 0.676. The van der Waals surface area contributed by atoms with Crippen LogP contribution in [-0.4, -0.2) is 34.1 Å². The maximum Gasteiger partial charge on any atom is 0.264 e. The fourth-order valence-corrected chi connectivity index (χ4v) is 5.16. The van der Waals surface area contributed by atoms with Crippen molar-refractivity contribution in [2.45, 2.75) is 30.9 Å². The molecule has 0 radical (unpaired) electrons. The number of aryl methyl sites for hydroxylation is 1. The second-order valence-corrected chi connectivity index (χ2v) is 9.79. The zero-order chi connectivity index (χ0) is 23.6. The van der Waals surface area contributed by atoms with E-state index in [0.717, 1.165) is 16.9 Å². The highest BCUT2D eigenvalue weighted by Gasteiger charge is 2.37. The Bertz CT molecular complexity index is 1240. The first kappa shape index (κ1) is 22.7. The van der Waals surface area contributed by atoms with Crippen molar-refractivity contribution in [1.82, 2.24) is 5.32 Å². The van der Waals surface area contributed by atoms with E-state index in [2.05, 4.69) is 5.32 Å². The number of sulfonamides is 1. The van der Waals surface area contributed by atoms with Gasteiger partial charge in [0.1, 0.15) is 11.5 Å². The van der Waals surface area contributed by atoms with Crippen LogP contribution >= 0.6 is 0 Å². The lowest BCUT2D eigenvalue weighted by Gasteiger charge is -2.35. The Hall–Kier alpha value is -3.52. The van der Waals surface area contributed by atoms with E-state index >= 15 is 0 Å². The Morgan fingerprint density at radius 2 is 1.73 bits per heavy atom. The molecule has 0 fully saturated rings. The van der Waals surface area contributed by atoms with E-state index in [-0.39, 0.29) is 17.5 Å². The van der Waals surface area contributed by atoms with Crippen LogP contribution in [0, 0.1) is 6.92 Å². The number of nitrogens with zero attached hydrogens (tertiary/aromatic N) is 1. The molecule has 0 saturated heterocycles. The third-order valence-electron chi connectivity index (χ3n) is 5.61. The maximum atomic E-state index is 13.5. The highest BCUT2D eigenvalue weighted by atomic mass is 32.2. The van der Waals surface area contributed by atoms with Gasteiger partial charge in [0.05, 0.1) is 30.3 Å². The molecule has 0 bridgehead atoms. The number of ether oxygens (including phenoxy) is 2. The minimum absolute atomic E-state index is 0.131. The molecule has 1 heterocycles. The van der Waals surface area contributed by atoms with E-state index in [0.29, 0.717) is 11.4 Å². The predicted molar refractivity (Wildman–Crippen MR) is 126 cm³/mol. The van der Waals surface area contributed by atoms with E-state index in [9.17, 15) is 13.2 Å². The number of hydrogen-bond acceptors (Lipinski definition) is 5. The van der Waals surface area contributed by atoms with Crippen molar-refractivity contribution in [3.05, 3.63) is 83.9 Å². The molecular formula is C25H26N2O5S. The fourth-order valence-electron chi connectivity index (χ4n) is 3.69. The third kappa shape index (κ3) is 4.66. The Labute approximate surface area is 194 Å². The fraction of sp³-hybridized carbons (Fsp3) is 0.240. The van der Waals surface area contributed by atoms with Gasteiger partial charge in [0.2, 0.25) is 0 Å². The highest BCUT2D eigenvalue weighted by Crippen LogP contribution is 2.37. The summed E-state index contributed by atoms with van der Waals surface area (Å²) < 4.78 is 39.3. The number of para-hydroxylation sites is 2. The number of anilines is 1. The average Bonchev–Trinajstić information content (AvgIpc) is 2.83. The standard InChI is InChI=1S/C25H26N2O5S/c1-17-8-14-21(15-9-17)33(29,30)27-16-24(32-23-7-5-4-6-22(23)27)25(28)26-18(2)19-10-12-20(31-3)13-11-19/h4-15,18,24H,16H2,1-3H3,(H,26,28)/t18-,24-/m1/s1. The van der Waals surface area contributed by atoms with Crippen molar-refractivity contribution in [2.75, 3.05) is 18.0 Å². The molecule has 33 heavy (non-hydrogen) atoms. The van der Waals surface area contributed by atoms with Gasteiger partial charge in [0.15, 0.2) is 6.10 Å². The number of rotatable bonds is 6. The topological polar surface area (TPSA) is 84.9 Å². The van der Waals surface area contributed by atoms with Gasteiger partial charge in [-0.25, -0.2) is 8.42 Å². The summed E-state index contributed by atoms with van der Waals surface area (Å²) in [6.07, 6.45) is -0.999. The summed E-state index contributed by atoms with van der Waals surface area (Å²) in [7, 11) is -2.30. The molecular weight excluding hydrogens is 440 g/mol. The largest absolute Gasteiger partial charge is 0.497 e. The lowest BCUT2D eigenvalue weighted by Crippen LogP contribution is -2.51. The third-order valence-corrected chi connectivity index (χ3v) is 7.40. The molecule has 3 aromatic rings. The number of amides is 1. The highest BCUT2D eigenvalue weighted by molar-refractivity contribution is 7.92. The monoisotopic (exact) mass is 466 g/mol. The zero-order valence-electron chi connectivity index (χ0n) is 18.7. The Balaban J connectivity index is 1.59. The molecule has 0 unspecified atom stereocenters. The number of fused-ring (bicyclic) bond motifs is 1. The average molecular weight is 467 g/mol. The van der Waals surface area contributed by atoms with Gasteiger partial charge < -0.3 is 14.8 Å². The molecule has 1 N–H and O–H groups in total. The van der Waals surface area contributed by atoms with Crippen LogP contribution in [0.1, 0.15) is 24.1 Å². The molecule has 0 saturated carbocycles. The van der Waals surface area contributed by atoms with Gasteiger partial charge in [-0.1, -0.05) is 42.0 Å². The summed E-state index contributed by atoms with van der Waals surface area (Å²) in [4.78, 5) is 13.2. The lowest BCUT2D eigenvalue weighted by molar-refractivity contribution is -0.128. The SMILES string of the molecule is COc1ccc([C@@H](C)NC(=O)[C@H]2CN(S(=O)(=O)c3ccc(C)cc3)c3ccccc3O2)cc1. The van der Waals surface area contributed by atoms with Crippen LogP contribution in [0.3, 0.4) is 0 Å². The molecule has 1 aliphatic rings. The van der Waals surface area contributed by atoms with Crippen LogP contribution in [0.4, 0.5) is 5.69 Å². The first-order chi connectivity index (χ1) is 15.8. The van der Waals surface area contributed by atoms with Crippen LogP contribution in [0.15, 0.2) is 77.7 Å². The Kier molecular flexibility index (Phi) is 6.29. The van der Waals surface area contributed by atoms with Crippen LogP contribution in [0.25, 0.3) is 0 Å². The molecule has 0 aliphatic carbocycles. The lowest BCUT2D eigenvalue weighted by atomic mass is 10.1. The first-order valence-electron chi connectivity index (χ1n) is 10.6. The summed E-state index contributed by atoms with van der Waals surface area (Å²) in [5.41, 5.74) is 2.26. The molecule has 0 aromatic heterocycles. The molecule has 1 amide bonds. The van der Waals surface area contributed by atoms with E-state index in [1.165, 1.54) is 4.31 Å². The van der Waals surface area contributed by atoms with Gasteiger partial charge >= 0.3 is 0 Å². The molecule has 7 nitrogen and oxygen atoms in total. The summed E-state index contributed by atoms with van der Waals surface area (Å²) in [5, 5.41) is 2.93. The van der Waals surface area contributed by atoms with Gasteiger partial charge in [-0.2, -0.15) is 0 Å². The van der Waals surface area contributed by atoms with Gasteiger partial charge in [-0.05, 0) is 55.8 Å². The number of carbonyl (C=O) groups is 1. The molecule has 2 atom stereocenters. The maximum absolute atomic E-state index is 13.5. The van der Waals surface area contributed by atoms with Crippen molar-refractivity contribution >= 4 is 21.6 Å². The van der Waals surface area contributed by atoms with Crippen molar-refractivity contribution in [3.63, 3.8) is 0 Å². The summed E-state index contributed by atoms with van der Waals surface area (Å²) >= 11 is 0. The van der Waals surface area contributed by atoms with Crippen molar-refractivity contribution in [1.29, 1.82) is 0 Å². The second-order valence-electron chi connectivity index (χ2n) is 7.93. The van der Waals surface area contributed by atoms with E-state index in [1.54, 1.807) is 55.6 Å². The normalized spacial score (nSPS) is 16.3. The number of hydrogen-bond donors (Lipinski definition) is 1. The predicted octanol–water partition coefficient (Wildman–Crippen LogP) is 3.84. The quantitative estimate of drug-likeness (QED) is 0.597. The van der Waals surface area contributed by atoms with Crippen LogP contribution in [0.2, 0.25) is 0 Å². The van der Waals surface area contributed by atoms with Crippen LogP contribution < -0.4 is 19.1 Å². The Morgan fingerprint density at radius 3 is 2.39 bits per heavy atom. The summed E-state index contributed by atoms with van der Waals surface area (Å²) in [6.45, 7) is 3.62. The molecule has 3 aromatic carbocycles. The smallest absolute Gasteiger partial charge is 0.264 e. The van der Waals surface area contributed by atoms with Crippen LogP contribution in [-0.2, 0) is 14.8 Å². The van der Waals surface area contributed by atoms with Gasteiger partial charge in [-0.15, -0.1) is 0 Å². The molecule has 172 valence electrons. The number of carbonyl (C=O) groups excluding carboxylic acids is 1. The molecule has 4 rings (SSSR count).